The van der Waals surface area contributed by atoms with Crippen LogP contribution in [0.1, 0.15) is 33.0 Å². The Labute approximate surface area is 220 Å². The second-order valence-corrected chi connectivity index (χ2v) is 9.08. The highest BCUT2D eigenvalue weighted by atomic mass is 16.5. The zero-order valence-electron chi connectivity index (χ0n) is 20.5. The number of nitrogens with one attached hydrogen (secondary N) is 2. The van der Waals surface area contributed by atoms with Gasteiger partial charge in [0.05, 0.1) is 5.56 Å². The topological polar surface area (TPSA) is 105 Å². The van der Waals surface area contributed by atoms with Crippen LogP contribution in [0.25, 0.3) is 11.1 Å². The maximum atomic E-state index is 13.2. The molecule has 0 spiro atoms. The molecule has 3 N–H and O–H groups in total. The van der Waals surface area contributed by atoms with Crippen LogP contribution < -0.4 is 10.6 Å². The Kier molecular flexibility index (Phi) is 7.17. The molecule has 0 radical (unpaired) electrons. The highest BCUT2D eigenvalue weighted by Gasteiger charge is 2.30. The fraction of sp³-hybridized carbons (Fsp3) is 0.129. The molecule has 4 aromatic carbocycles. The third-order valence-electron chi connectivity index (χ3n) is 6.63. The molecule has 190 valence electrons. The number of aromatic carboxylic acids is 1. The molecule has 0 heterocycles. The molecule has 0 bridgehead atoms. The Hall–Kier alpha value is -4.91. The van der Waals surface area contributed by atoms with Gasteiger partial charge in [-0.2, -0.15) is 0 Å². The van der Waals surface area contributed by atoms with Crippen molar-refractivity contribution >= 4 is 23.7 Å². The zero-order chi connectivity index (χ0) is 26.5. The van der Waals surface area contributed by atoms with Crippen molar-refractivity contribution in [3.8, 4) is 11.1 Å². The van der Waals surface area contributed by atoms with Gasteiger partial charge >= 0.3 is 12.1 Å². The fourth-order valence-corrected chi connectivity index (χ4v) is 4.77. The second kappa shape index (κ2) is 11.0. The quantitative estimate of drug-likeness (QED) is 0.294. The number of hydrogen-bond acceptors (Lipinski definition) is 4. The molecule has 7 nitrogen and oxygen atoms in total. The summed E-state index contributed by atoms with van der Waals surface area (Å²) in [5, 5.41) is 14.6. The van der Waals surface area contributed by atoms with Crippen LogP contribution >= 0.6 is 0 Å². The molecule has 0 fully saturated rings. The summed E-state index contributed by atoms with van der Waals surface area (Å²) < 4.78 is 5.66. The van der Waals surface area contributed by atoms with Gasteiger partial charge in [0.15, 0.2) is 0 Å². The molecular weight excluding hydrogens is 480 g/mol. The summed E-state index contributed by atoms with van der Waals surface area (Å²) in [7, 11) is 0. The first-order valence-electron chi connectivity index (χ1n) is 12.3. The van der Waals surface area contributed by atoms with E-state index >= 15 is 0 Å². The van der Waals surface area contributed by atoms with Crippen molar-refractivity contribution in [3.05, 3.63) is 125 Å². The number of amides is 2. The Bertz CT molecular complexity index is 1420. The lowest BCUT2D eigenvalue weighted by Crippen LogP contribution is -2.45. The minimum atomic E-state index is -1.05. The molecule has 7 heteroatoms. The fourth-order valence-electron chi connectivity index (χ4n) is 4.77. The van der Waals surface area contributed by atoms with E-state index in [0.29, 0.717) is 5.69 Å². The molecular formula is C31H26N2O5. The van der Waals surface area contributed by atoms with Gasteiger partial charge in [-0.3, -0.25) is 4.79 Å². The van der Waals surface area contributed by atoms with Crippen LogP contribution in [0.2, 0.25) is 0 Å². The van der Waals surface area contributed by atoms with Crippen molar-refractivity contribution in [1.29, 1.82) is 0 Å². The number of carbonyl (C=O) groups is 3. The predicted octanol–water partition coefficient (Wildman–Crippen LogP) is 5.47. The molecule has 5 rings (SSSR count). The monoisotopic (exact) mass is 506 g/mol. The van der Waals surface area contributed by atoms with E-state index in [1.54, 1.807) is 0 Å². The number of fused-ring (bicyclic) bond motifs is 3. The van der Waals surface area contributed by atoms with Crippen LogP contribution in [0.15, 0.2) is 103 Å². The number of ether oxygens (including phenoxy) is 1. The molecule has 1 unspecified atom stereocenters. The summed E-state index contributed by atoms with van der Waals surface area (Å²) in [6, 6.07) is 30.4. The molecule has 1 aliphatic rings. The van der Waals surface area contributed by atoms with E-state index in [2.05, 4.69) is 22.8 Å². The van der Waals surface area contributed by atoms with Crippen molar-refractivity contribution < 1.29 is 24.2 Å². The van der Waals surface area contributed by atoms with E-state index in [0.717, 1.165) is 27.8 Å². The lowest BCUT2D eigenvalue weighted by molar-refractivity contribution is -0.118. The number of carboxylic acid groups (broad SMARTS) is 1. The van der Waals surface area contributed by atoms with Crippen molar-refractivity contribution in [2.24, 2.45) is 0 Å². The maximum absolute atomic E-state index is 13.2. The standard InChI is InChI=1S/C31H26N2O5/c34-29(32-22-16-14-21(15-17-22)30(35)36)28(18-20-8-2-1-3-9-20)33-31(37)38-19-27-25-12-6-4-10-23(25)24-11-5-7-13-26(24)27/h1-17,27-28H,18-19H2,(H,32,34)(H,33,37)(H,35,36). The van der Waals surface area contributed by atoms with Gasteiger partial charge in [-0.05, 0) is 52.1 Å². The van der Waals surface area contributed by atoms with Gasteiger partial charge in [0, 0.05) is 18.0 Å². The molecule has 1 atom stereocenters. The van der Waals surface area contributed by atoms with Crippen LogP contribution in [0.4, 0.5) is 10.5 Å². The number of carboxylic acids is 1. The van der Waals surface area contributed by atoms with Gasteiger partial charge in [0.2, 0.25) is 5.91 Å². The Morgan fingerprint density at radius 2 is 1.34 bits per heavy atom. The van der Waals surface area contributed by atoms with Gasteiger partial charge in [-0.15, -0.1) is 0 Å². The number of carbonyl (C=O) groups excluding carboxylic acids is 2. The van der Waals surface area contributed by atoms with E-state index in [9.17, 15) is 14.4 Å². The lowest BCUT2D eigenvalue weighted by Gasteiger charge is -2.20. The molecule has 0 aromatic heterocycles. The first-order chi connectivity index (χ1) is 18.5. The van der Waals surface area contributed by atoms with Gasteiger partial charge in [-0.25, -0.2) is 9.59 Å². The average molecular weight is 507 g/mol. The smallest absolute Gasteiger partial charge is 0.407 e. The Morgan fingerprint density at radius 3 is 1.95 bits per heavy atom. The van der Waals surface area contributed by atoms with Crippen molar-refractivity contribution in [2.45, 2.75) is 18.4 Å². The van der Waals surface area contributed by atoms with Crippen LogP contribution in [-0.2, 0) is 16.0 Å². The van der Waals surface area contributed by atoms with Crippen LogP contribution in [0.3, 0.4) is 0 Å². The number of anilines is 1. The molecule has 38 heavy (non-hydrogen) atoms. The van der Waals surface area contributed by atoms with E-state index in [1.807, 2.05) is 66.7 Å². The predicted molar refractivity (Wildman–Crippen MR) is 144 cm³/mol. The van der Waals surface area contributed by atoms with Gasteiger partial charge in [0.1, 0.15) is 12.6 Å². The second-order valence-electron chi connectivity index (χ2n) is 9.08. The summed E-state index contributed by atoms with van der Waals surface area (Å²) in [6.45, 7) is 0.135. The minimum Gasteiger partial charge on any atom is -0.478 e. The number of alkyl carbamates (subject to hydrolysis) is 1. The number of hydrogen-bond donors (Lipinski definition) is 3. The summed E-state index contributed by atoms with van der Waals surface area (Å²) in [6.07, 6.45) is -0.437. The van der Waals surface area contributed by atoms with Gasteiger partial charge < -0.3 is 20.5 Å². The summed E-state index contributed by atoms with van der Waals surface area (Å²) >= 11 is 0. The van der Waals surface area contributed by atoms with Gasteiger partial charge in [0.25, 0.3) is 0 Å². The number of rotatable bonds is 8. The first-order valence-corrected chi connectivity index (χ1v) is 12.3. The summed E-state index contributed by atoms with van der Waals surface area (Å²) in [5.74, 6) is -1.59. The normalized spacial score (nSPS) is 12.6. The van der Waals surface area contributed by atoms with Crippen LogP contribution in [0.5, 0.6) is 0 Å². The molecule has 4 aromatic rings. The van der Waals surface area contributed by atoms with Crippen LogP contribution in [-0.4, -0.2) is 35.7 Å². The van der Waals surface area contributed by atoms with E-state index in [-0.39, 0.29) is 24.5 Å². The number of benzene rings is 4. The van der Waals surface area contributed by atoms with Crippen LogP contribution in [0, 0.1) is 0 Å². The maximum Gasteiger partial charge on any atom is 0.407 e. The summed E-state index contributed by atoms with van der Waals surface area (Å²) in [5.41, 5.74) is 5.87. The van der Waals surface area contributed by atoms with E-state index in [1.165, 1.54) is 24.3 Å². The SMILES string of the molecule is O=C(NC(Cc1ccccc1)C(=O)Nc1ccc(C(=O)O)cc1)OCC1c2ccccc2-c2ccccc21. The molecule has 0 saturated carbocycles. The molecule has 1 aliphatic carbocycles. The van der Waals surface area contributed by atoms with Crippen molar-refractivity contribution in [1.82, 2.24) is 5.32 Å². The molecule has 2 amide bonds. The minimum absolute atomic E-state index is 0.0951. The van der Waals surface area contributed by atoms with E-state index in [4.69, 9.17) is 9.84 Å². The first kappa shape index (κ1) is 24.8. The lowest BCUT2D eigenvalue weighted by atomic mass is 9.98. The molecule has 0 aliphatic heterocycles. The highest BCUT2D eigenvalue weighted by molar-refractivity contribution is 5.97. The van der Waals surface area contributed by atoms with E-state index < -0.39 is 24.0 Å². The van der Waals surface area contributed by atoms with Crippen molar-refractivity contribution in [3.63, 3.8) is 0 Å². The Balaban J connectivity index is 1.28. The third kappa shape index (κ3) is 5.42. The summed E-state index contributed by atoms with van der Waals surface area (Å²) in [4.78, 5) is 37.2. The third-order valence-corrected chi connectivity index (χ3v) is 6.63. The largest absolute Gasteiger partial charge is 0.478 e. The molecule has 0 saturated heterocycles. The average Bonchev–Trinajstić information content (AvgIpc) is 3.26. The van der Waals surface area contributed by atoms with Gasteiger partial charge in [-0.1, -0.05) is 78.9 Å². The van der Waals surface area contributed by atoms with Crippen molar-refractivity contribution in [2.75, 3.05) is 11.9 Å². The highest BCUT2D eigenvalue weighted by Crippen LogP contribution is 2.44. The Morgan fingerprint density at radius 1 is 0.763 bits per heavy atom. The zero-order valence-corrected chi connectivity index (χ0v) is 20.5.